The third-order valence-electron chi connectivity index (χ3n) is 3.97. The number of nitrogens with one attached hydrogen (secondary N) is 1. The van der Waals surface area contributed by atoms with E-state index in [2.05, 4.69) is 34.3 Å². The number of hydrogen-bond acceptors (Lipinski definition) is 4. The smallest absolute Gasteiger partial charge is 0.219 e. The fourth-order valence-electron chi connectivity index (χ4n) is 2.63. The Labute approximate surface area is 121 Å². The van der Waals surface area contributed by atoms with Gasteiger partial charge in [0.15, 0.2) is 0 Å². The van der Waals surface area contributed by atoms with Crippen LogP contribution in [0.5, 0.6) is 0 Å². The van der Waals surface area contributed by atoms with Crippen LogP contribution in [0.2, 0.25) is 0 Å². The highest BCUT2D eigenvalue weighted by Gasteiger charge is 2.19. The van der Waals surface area contributed by atoms with Crippen molar-refractivity contribution in [1.82, 2.24) is 15.2 Å². The van der Waals surface area contributed by atoms with E-state index in [1.54, 1.807) is 6.92 Å². The summed E-state index contributed by atoms with van der Waals surface area (Å²) in [5.41, 5.74) is 2.23. The Morgan fingerprint density at radius 2 is 2.05 bits per heavy atom. The van der Waals surface area contributed by atoms with Gasteiger partial charge in [0.2, 0.25) is 5.91 Å². The van der Waals surface area contributed by atoms with Gasteiger partial charge in [0.05, 0.1) is 17.6 Å². The molecule has 2 rings (SSSR count). The molecule has 110 valence electrons. The lowest BCUT2D eigenvalue weighted by atomic mass is 10.1. The third-order valence-corrected chi connectivity index (χ3v) is 3.97. The average molecular weight is 276 g/mol. The molecule has 1 aromatic rings. The molecule has 0 bridgehead atoms. The molecule has 1 unspecified atom stereocenters. The minimum absolute atomic E-state index is 0.165. The number of aromatic nitrogens is 1. The Hall–Kier alpha value is -1.62. The van der Waals surface area contributed by atoms with Crippen molar-refractivity contribution in [3.8, 4) is 0 Å². The van der Waals surface area contributed by atoms with Crippen LogP contribution in [0.1, 0.15) is 32.0 Å². The van der Waals surface area contributed by atoms with Crippen LogP contribution in [0.3, 0.4) is 0 Å². The largest absolute Gasteiger partial charge is 0.367 e. The zero-order valence-electron chi connectivity index (χ0n) is 12.6. The van der Waals surface area contributed by atoms with E-state index < -0.39 is 0 Å². The van der Waals surface area contributed by atoms with Gasteiger partial charge in [0, 0.05) is 39.1 Å². The molecule has 5 nitrogen and oxygen atoms in total. The maximum Gasteiger partial charge on any atom is 0.219 e. The second-order valence-electron chi connectivity index (χ2n) is 5.18. The van der Waals surface area contributed by atoms with E-state index in [9.17, 15) is 4.79 Å². The Bertz CT molecular complexity index is 434. The van der Waals surface area contributed by atoms with E-state index in [1.807, 2.05) is 18.1 Å². The van der Waals surface area contributed by atoms with Crippen LogP contribution >= 0.6 is 0 Å². The first-order valence-corrected chi connectivity index (χ1v) is 7.29. The molecule has 0 saturated carbocycles. The van der Waals surface area contributed by atoms with E-state index in [0.29, 0.717) is 6.04 Å². The van der Waals surface area contributed by atoms with Gasteiger partial charge in [0.25, 0.3) is 0 Å². The normalized spacial score (nSPS) is 17.1. The van der Waals surface area contributed by atoms with Gasteiger partial charge < -0.3 is 15.1 Å². The van der Waals surface area contributed by atoms with Gasteiger partial charge in [-0.25, -0.2) is 0 Å². The van der Waals surface area contributed by atoms with Crippen molar-refractivity contribution in [2.45, 2.75) is 26.3 Å². The van der Waals surface area contributed by atoms with E-state index in [-0.39, 0.29) is 5.91 Å². The Kier molecular flexibility index (Phi) is 4.95. The molecular formula is C15H24N4O. The number of amides is 1. The zero-order chi connectivity index (χ0) is 14.5. The van der Waals surface area contributed by atoms with Gasteiger partial charge in [-0.3, -0.25) is 9.78 Å². The lowest BCUT2D eigenvalue weighted by Gasteiger charge is -2.35. The molecule has 1 atom stereocenters. The third kappa shape index (κ3) is 3.28. The highest BCUT2D eigenvalue weighted by molar-refractivity contribution is 5.73. The summed E-state index contributed by atoms with van der Waals surface area (Å²) in [6.45, 7) is 7.14. The number of nitrogens with zero attached hydrogens (tertiary/aromatic N) is 3. The van der Waals surface area contributed by atoms with Crippen molar-refractivity contribution < 1.29 is 4.79 Å². The van der Waals surface area contributed by atoms with E-state index in [0.717, 1.165) is 44.0 Å². The van der Waals surface area contributed by atoms with Crippen LogP contribution in [0.25, 0.3) is 0 Å². The van der Waals surface area contributed by atoms with Crippen LogP contribution in [-0.2, 0) is 4.79 Å². The molecule has 0 aromatic carbocycles. The summed E-state index contributed by atoms with van der Waals surface area (Å²) in [4.78, 5) is 20.1. The molecule has 0 aliphatic carbocycles. The van der Waals surface area contributed by atoms with Crippen LogP contribution in [0, 0.1) is 0 Å². The van der Waals surface area contributed by atoms with E-state index >= 15 is 0 Å². The zero-order valence-corrected chi connectivity index (χ0v) is 12.6. The number of anilines is 1. The number of rotatable bonds is 4. The minimum atomic E-state index is 0.165. The van der Waals surface area contributed by atoms with Crippen LogP contribution < -0.4 is 10.2 Å². The van der Waals surface area contributed by atoms with Gasteiger partial charge in [0.1, 0.15) is 0 Å². The summed E-state index contributed by atoms with van der Waals surface area (Å²) in [5.74, 6) is 0.165. The molecular weight excluding hydrogens is 252 g/mol. The maximum atomic E-state index is 11.3. The number of carbonyl (C=O) groups is 1. The summed E-state index contributed by atoms with van der Waals surface area (Å²) in [7, 11) is 1.96. The number of carbonyl (C=O) groups excluding carboxylic acids is 1. The second-order valence-corrected chi connectivity index (χ2v) is 5.18. The summed E-state index contributed by atoms with van der Waals surface area (Å²) in [6.07, 6.45) is 2.97. The Morgan fingerprint density at radius 3 is 2.50 bits per heavy atom. The number of hydrogen-bond donors (Lipinski definition) is 1. The highest BCUT2D eigenvalue weighted by atomic mass is 16.2. The molecule has 20 heavy (non-hydrogen) atoms. The number of piperazine rings is 1. The van der Waals surface area contributed by atoms with Crippen molar-refractivity contribution >= 4 is 11.6 Å². The molecule has 1 N–H and O–H groups in total. The van der Waals surface area contributed by atoms with Crippen molar-refractivity contribution in [1.29, 1.82) is 0 Å². The minimum Gasteiger partial charge on any atom is -0.367 e. The van der Waals surface area contributed by atoms with Gasteiger partial charge >= 0.3 is 0 Å². The fourth-order valence-corrected chi connectivity index (χ4v) is 2.63. The lowest BCUT2D eigenvalue weighted by molar-refractivity contribution is -0.129. The Morgan fingerprint density at radius 1 is 1.35 bits per heavy atom. The topological polar surface area (TPSA) is 48.5 Å². The number of pyridine rings is 1. The van der Waals surface area contributed by atoms with Crippen molar-refractivity contribution in [2.75, 3.05) is 38.1 Å². The van der Waals surface area contributed by atoms with Crippen molar-refractivity contribution in [3.05, 3.63) is 24.0 Å². The summed E-state index contributed by atoms with van der Waals surface area (Å²) >= 11 is 0. The van der Waals surface area contributed by atoms with Gasteiger partial charge in [-0.15, -0.1) is 0 Å². The van der Waals surface area contributed by atoms with Crippen LogP contribution in [0.4, 0.5) is 5.69 Å². The standard InChI is InChI=1S/C15H24N4O/c1-4-14(16-3)15-6-5-13(11-17-15)19-9-7-18(8-10-19)12(2)20/h5-6,11,14,16H,4,7-10H2,1-3H3. The SMILES string of the molecule is CCC(NC)c1ccc(N2CCN(C(C)=O)CC2)cn1. The molecule has 2 heterocycles. The van der Waals surface area contributed by atoms with E-state index in [4.69, 9.17) is 0 Å². The predicted molar refractivity (Wildman–Crippen MR) is 80.8 cm³/mol. The molecule has 1 amide bonds. The molecule has 1 aliphatic rings. The van der Waals surface area contributed by atoms with E-state index in [1.165, 1.54) is 0 Å². The average Bonchev–Trinajstić information content (AvgIpc) is 2.49. The summed E-state index contributed by atoms with van der Waals surface area (Å²) in [5, 5.41) is 3.27. The first kappa shape index (κ1) is 14.8. The molecule has 1 fully saturated rings. The summed E-state index contributed by atoms with van der Waals surface area (Å²) < 4.78 is 0. The first-order valence-electron chi connectivity index (χ1n) is 7.29. The monoisotopic (exact) mass is 276 g/mol. The molecule has 0 radical (unpaired) electrons. The maximum absolute atomic E-state index is 11.3. The summed E-state index contributed by atoms with van der Waals surface area (Å²) in [6, 6.07) is 4.54. The van der Waals surface area contributed by atoms with Gasteiger partial charge in [-0.2, -0.15) is 0 Å². The molecule has 0 spiro atoms. The quantitative estimate of drug-likeness (QED) is 0.903. The molecule has 5 heteroatoms. The van der Waals surface area contributed by atoms with Crippen molar-refractivity contribution in [3.63, 3.8) is 0 Å². The second kappa shape index (κ2) is 6.70. The highest BCUT2D eigenvalue weighted by Crippen LogP contribution is 2.19. The fraction of sp³-hybridized carbons (Fsp3) is 0.600. The van der Waals surface area contributed by atoms with Gasteiger partial charge in [-0.1, -0.05) is 6.92 Å². The van der Waals surface area contributed by atoms with Crippen molar-refractivity contribution in [2.24, 2.45) is 0 Å². The van der Waals surface area contributed by atoms with Gasteiger partial charge in [-0.05, 0) is 25.6 Å². The van der Waals surface area contributed by atoms with Crippen LogP contribution in [-0.4, -0.2) is 49.0 Å². The molecule has 1 saturated heterocycles. The molecule has 1 aliphatic heterocycles. The molecule has 1 aromatic heterocycles. The lowest BCUT2D eigenvalue weighted by Crippen LogP contribution is -2.48. The van der Waals surface area contributed by atoms with Crippen LogP contribution in [0.15, 0.2) is 18.3 Å². The Balaban J connectivity index is 1.99. The first-order chi connectivity index (χ1) is 9.65. The predicted octanol–water partition coefficient (Wildman–Crippen LogP) is 1.42.